The molecule has 236 valence electrons. The van der Waals surface area contributed by atoms with Gasteiger partial charge < -0.3 is 30.4 Å². The fourth-order valence-corrected chi connectivity index (χ4v) is 7.32. The van der Waals surface area contributed by atoms with Crippen LogP contribution < -0.4 is 10.6 Å². The number of rotatable bonds is 4. The third-order valence-electron chi connectivity index (χ3n) is 9.56. The number of aromatic nitrogens is 1. The first-order valence-electron chi connectivity index (χ1n) is 14.9. The van der Waals surface area contributed by atoms with E-state index in [1.807, 2.05) is 49.3 Å². The summed E-state index contributed by atoms with van der Waals surface area (Å²) >= 11 is 0. The number of carbonyl (C=O) groups excluding carboxylic acids is 3. The molecule has 0 spiro atoms. The van der Waals surface area contributed by atoms with Gasteiger partial charge in [-0.05, 0) is 67.6 Å². The largest absolute Gasteiger partial charge is 0.508 e. The molecule has 1 heterocycles. The van der Waals surface area contributed by atoms with E-state index in [9.17, 15) is 29.7 Å². The maximum Gasteiger partial charge on any atom is 0.255 e. The molecule has 4 atom stereocenters. The standard InChI is InChI=1S/C34H38N4O7/c1-33(2,3)17-10-8-15(9-11-17)32-36-20-14-21(37(4)5)18-12-16-13-19-25(38(6)7)27(40)24(31(35)43)30(42)34(19,44)29(41)22(16)26(39)23(18)28(20)45-32/h8-11,14,16,19,25,39,42,44H,12-13H2,1-7H3,(H2,35,43)/t16?,19?,25-,34-/m0/s1. The lowest BCUT2D eigenvalue weighted by molar-refractivity contribution is -0.153. The van der Waals surface area contributed by atoms with E-state index in [2.05, 4.69) is 20.8 Å². The number of aliphatic hydroxyl groups is 3. The van der Waals surface area contributed by atoms with Crippen LogP contribution in [0.2, 0.25) is 0 Å². The first-order valence-corrected chi connectivity index (χ1v) is 14.9. The van der Waals surface area contributed by atoms with Crippen LogP contribution >= 0.6 is 0 Å². The highest BCUT2D eigenvalue weighted by Gasteiger charge is 2.64. The van der Waals surface area contributed by atoms with Crippen LogP contribution in [0.5, 0.6) is 0 Å². The smallest absolute Gasteiger partial charge is 0.255 e. The number of nitrogens with two attached hydrogens (primary N) is 1. The highest BCUT2D eigenvalue weighted by Crippen LogP contribution is 2.53. The molecule has 3 aliphatic rings. The zero-order chi connectivity index (χ0) is 32.9. The molecular weight excluding hydrogens is 576 g/mol. The predicted octanol–water partition coefficient (Wildman–Crippen LogP) is 3.43. The number of carbonyl (C=O) groups is 3. The second kappa shape index (κ2) is 10.0. The summed E-state index contributed by atoms with van der Waals surface area (Å²) in [7, 11) is 6.91. The van der Waals surface area contributed by atoms with Crippen molar-refractivity contribution in [1.29, 1.82) is 0 Å². The lowest BCUT2D eigenvalue weighted by Crippen LogP contribution is -2.65. The van der Waals surface area contributed by atoms with Crippen molar-refractivity contribution in [3.8, 4) is 11.5 Å². The van der Waals surface area contributed by atoms with Crippen molar-refractivity contribution in [3.05, 3.63) is 63.9 Å². The number of hydrogen-bond acceptors (Lipinski definition) is 10. The first kappa shape index (κ1) is 30.5. The van der Waals surface area contributed by atoms with Crippen LogP contribution in [0.1, 0.15) is 43.9 Å². The zero-order valence-electron chi connectivity index (χ0n) is 26.4. The fraction of sp³-hybridized carbons (Fsp3) is 0.412. The van der Waals surface area contributed by atoms with Crippen molar-refractivity contribution < 1.29 is 34.1 Å². The molecule has 3 aromatic rings. The Labute approximate surface area is 260 Å². The number of benzene rings is 2. The number of amides is 1. The van der Waals surface area contributed by atoms with Crippen molar-refractivity contribution in [2.45, 2.75) is 50.7 Å². The Morgan fingerprint density at radius 2 is 1.73 bits per heavy atom. The fourth-order valence-electron chi connectivity index (χ4n) is 7.32. The van der Waals surface area contributed by atoms with Gasteiger partial charge in [-0.3, -0.25) is 19.3 Å². The highest BCUT2D eigenvalue weighted by molar-refractivity contribution is 6.24. The van der Waals surface area contributed by atoms with Gasteiger partial charge in [0.2, 0.25) is 11.7 Å². The van der Waals surface area contributed by atoms with Crippen LogP contribution in [-0.2, 0) is 26.2 Å². The number of aliphatic hydroxyl groups excluding tert-OH is 2. The van der Waals surface area contributed by atoms with E-state index in [0.29, 0.717) is 11.4 Å². The van der Waals surface area contributed by atoms with Gasteiger partial charge in [0.25, 0.3) is 5.91 Å². The third kappa shape index (κ3) is 4.32. The van der Waals surface area contributed by atoms with Gasteiger partial charge in [0.15, 0.2) is 17.0 Å². The Balaban J connectivity index is 1.56. The molecule has 11 heteroatoms. The molecule has 5 N–H and O–H groups in total. The molecule has 0 saturated heterocycles. The zero-order valence-corrected chi connectivity index (χ0v) is 26.4. The molecule has 0 aliphatic heterocycles. The Bertz CT molecular complexity index is 1860. The summed E-state index contributed by atoms with van der Waals surface area (Å²) in [6.07, 6.45) is 0.354. The molecule has 1 fully saturated rings. The number of primary amides is 1. The van der Waals surface area contributed by atoms with E-state index < -0.39 is 58.0 Å². The second-order valence-corrected chi connectivity index (χ2v) is 13.8. The van der Waals surface area contributed by atoms with Crippen molar-refractivity contribution in [3.63, 3.8) is 0 Å². The van der Waals surface area contributed by atoms with Crippen LogP contribution in [0.3, 0.4) is 0 Å². The molecule has 3 aliphatic carbocycles. The molecule has 0 radical (unpaired) electrons. The summed E-state index contributed by atoms with van der Waals surface area (Å²) in [5.41, 5.74) is 6.23. The monoisotopic (exact) mass is 614 g/mol. The maximum absolute atomic E-state index is 14.3. The second-order valence-electron chi connectivity index (χ2n) is 13.8. The number of anilines is 1. The average molecular weight is 615 g/mol. The quantitative estimate of drug-likeness (QED) is 0.319. The van der Waals surface area contributed by atoms with E-state index in [4.69, 9.17) is 15.1 Å². The molecule has 1 amide bonds. The van der Waals surface area contributed by atoms with Crippen LogP contribution in [0.4, 0.5) is 5.69 Å². The van der Waals surface area contributed by atoms with Gasteiger partial charge in [-0.25, -0.2) is 4.98 Å². The first-order chi connectivity index (χ1) is 21.0. The molecule has 45 heavy (non-hydrogen) atoms. The van der Waals surface area contributed by atoms with Gasteiger partial charge in [-0.2, -0.15) is 0 Å². The van der Waals surface area contributed by atoms with Gasteiger partial charge in [-0.1, -0.05) is 32.9 Å². The van der Waals surface area contributed by atoms with Gasteiger partial charge >= 0.3 is 0 Å². The lowest BCUT2D eigenvalue weighted by atomic mass is 9.57. The molecule has 0 bridgehead atoms. The Morgan fingerprint density at radius 1 is 1.09 bits per heavy atom. The van der Waals surface area contributed by atoms with Crippen LogP contribution in [0, 0.1) is 11.8 Å². The lowest BCUT2D eigenvalue weighted by Gasteiger charge is -2.50. The number of fused-ring (bicyclic) bond motifs is 5. The van der Waals surface area contributed by atoms with Crippen molar-refractivity contribution in [2.24, 2.45) is 17.6 Å². The summed E-state index contributed by atoms with van der Waals surface area (Å²) in [5.74, 6) is -5.84. The molecule has 2 unspecified atom stereocenters. The summed E-state index contributed by atoms with van der Waals surface area (Å²) in [5, 5.41) is 35.0. The Hall–Kier alpha value is -4.48. The van der Waals surface area contributed by atoms with Crippen LogP contribution in [-0.4, -0.2) is 82.5 Å². The topological polar surface area (TPSA) is 170 Å². The molecule has 11 nitrogen and oxygen atoms in total. The predicted molar refractivity (Wildman–Crippen MR) is 169 cm³/mol. The maximum atomic E-state index is 14.3. The molecule has 1 saturated carbocycles. The van der Waals surface area contributed by atoms with Crippen molar-refractivity contribution in [1.82, 2.24) is 9.88 Å². The summed E-state index contributed by atoms with van der Waals surface area (Å²) in [4.78, 5) is 48.0. The minimum Gasteiger partial charge on any atom is -0.508 e. The van der Waals surface area contributed by atoms with E-state index in [1.54, 1.807) is 14.1 Å². The highest BCUT2D eigenvalue weighted by atomic mass is 16.4. The van der Waals surface area contributed by atoms with Crippen LogP contribution in [0.15, 0.2) is 51.7 Å². The van der Waals surface area contributed by atoms with Gasteiger partial charge in [0.1, 0.15) is 22.6 Å². The number of oxazole rings is 1. The molecule has 2 aromatic carbocycles. The number of ketones is 2. The van der Waals surface area contributed by atoms with Gasteiger partial charge in [-0.15, -0.1) is 0 Å². The molecule has 1 aromatic heterocycles. The number of nitrogens with zero attached hydrogens (tertiary/aromatic N) is 3. The summed E-state index contributed by atoms with van der Waals surface area (Å²) < 4.78 is 6.29. The number of likely N-dealkylation sites (N-methyl/N-ethyl adjacent to an activating group) is 1. The minimum absolute atomic E-state index is 0.0380. The van der Waals surface area contributed by atoms with Gasteiger partial charge in [0, 0.05) is 36.8 Å². The SMILES string of the molecule is CN(C)c1cc2nc(-c3ccc(C(C)(C)C)cc3)oc2c2c1CC1CC3[C@H](N(C)C)C(=O)C(C(N)=O)=C(O)[C@@]3(O)C(=O)C1=C2O. The van der Waals surface area contributed by atoms with E-state index >= 15 is 0 Å². The summed E-state index contributed by atoms with van der Waals surface area (Å²) in [6.45, 7) is 6.38. The normalized spacial score (nSPS) is 25.0. The van der Waals surface area contributed by atoms with Gasteiger partial charge in [0.05, 0.1) is 11.6 Å². The number of Topliss-reactive ketones (excluding diaryl/α,β-unsaturated/α-hetero) is 2. The number of hydrogen-bond donors (Lipinski definition) is 4. The Kier molecular flexibility index (Phi) is 6.80. The van der Waals surface area contributed by atoms with E-state index in [1.165, 1.54) is 4.90 Å². The van der Waals surface area contributed by atoms with E-state index in [-0.39, 0.29) is 35.0 Å². The summed E-state index contributed by atoms with van der Waals surface area (Å²) in [6, 6.07) is 8.66. The molecule has 6 rings (SSSR count). The van der Waals surface area contributed by atoms with E-state index in [0.717, 1.165) is 22.4 Å². The Morgan fingerprint density at radius 3 is 2.29 bits per heavy atom. The average Bonchev–Trinajstić information content (AvgIpc) is 3.37. The molecular formula is C34H38N4O7. The minimum atomic E-state index is -2.65. The van der Waals surface area contributed by atoms with Crippen molar-refractivity contribution in [2.75, 3.05) is 33.1 Å². The third-order valence-corrected chi connectivity index (χ3v) is 9.56. The van der Waals surface area contributed by atoms with Crippen LogP contribution in [0.25, 0.3) is 28.3 Å². The van der Waals surface area contributed by atoms with Crippen molar-refractivity contribution >= 4 is 40.0 Å².